The smallest absolute Gasteiger partial charge is 0.251 e. The molecule has 0 fully saturated rings. The van der Waals surface area contributed by atoms with Crippen LogP contribution >= 0.6 is 0 Å². The summed E-state index contributed by atoms with van der Waals surface area (Å²) in [5.74, 6) is 0.702. The Morgan fingerprint density at radius 1 is 0.735 bits per heavy atom. The number of unbranched alkanes of at least 4 members (excludes halogenated alkanes) is 3. The normalized spacial score (nSPS) is 12.8. The molecule has 2 atom stereocenters. The lowest BCUT2D eigenvalue weighted by Crippen LogP contribution is -2.45. The van der Waals surface area contributed by atoms with Crippen molar-refractivity contribution in [3.05, 3.63) is 0 Å². The van der Waals surface area contributed by atoms with Crippen LogP contribution in [0.3, 0.4) is 0 Å². The molecular formula is C24H48N6O4. The highest BCUT2D eigenvalue weighted by molar-refractivity contribution is 5.82. The van der Waals surface area contributed by atoms with Crippen molar-refractivity contribution in [2.75, 3.05) is 19.6 Å². The maximum Gasteiger partial charge on any atom is 0.251 e. The van der Waals surface area contributed by atoms with Gasteiger partial charge in [0, 0.05) is 44.9 Å². The molecule has 0 aliphatic carbocycles. The van der Waals surface area contributed by atoms with Crippen LogP contribution in [0.25, 0.3) is 0 Å². The number of amides is 2. The standard InChI is InChI=1S/C24H48N6O4/c1-17(2)13-14-27-20(25)9-7-5-6-8-10-21(26)28-15-16-29-24(34)23(33)19(31)11-12-22(32)30-18(3)4/h17-19,23,31,33H,5-16H2,1-4H3,(H2,25,27)(H2,26,28)(H,29,34)(H,30,32)/t19-,23+/m0/s1. The van der Waals surface area contributed by atoms with Crippen molar-refractivity contribution < 1.29 is 19.8 Å². The van der Waals surface area contributed by atoms with E-state index in [-0.39, 0.29) is 31.3 Å². The Bertz CT molecular complexity index is 612. The van der Waals surface area contributed by atoms with Crippen LogP contribution in [0, 0.1) is 16.7 Å². The SMILES string of the molecule is CC(C)CCNC(=N)CCCCCCC(=N)NCCNC(=O)[C@H](O)[C@@H](O)CCC(=O)NC(C)C. The van der Waals surface area contributed by atoms with Gasteiger partial charge >= 0.3 is 0 Å². The van der Waals surface area contributed by atoms with E-state index in [4.69, 9.17) is 10.8 Å². The molecule has 0 unspecified atom stereocenters. The topological polar surface area (TPSA) is 170 Å². The largest absolute Gasteiger partial charge is 0.390 e. The molecule has 0 bridgehead atoms. The van der Waals surface area contributed by atoms with Crippen LogP contribution in [-0.4, -0.2) is 71.6 Å². The van der Waals surface area contributed by atoms with Gasteiger partial charge in [0.2, 0.25) is 5.91 Å². The molecule has 10 nitrogen and oxygen atoms in total. The number of nitrogens with one attached hydrogen (secondary N) is 6. The first-order chi connectivity index (χ1) is 16.0. The molecule has 0 aliphatic rings. The van der Waals surface area contributed by atoms with E-state index in [0.29, 0.717) is 30.6 Å². The third kappa shape index (κ3) is 18.3. The highest BCUT2D eigenvalue weighted by Gasteiger charge is 2.24. The lowest BCUT2D eigenvalue weighted by molar-refractivity contribution is -0.136. The van der Waals surface area contributed by atoms with Gasteiger partial charge in [-0.05, 0) is 45.4 Å². The summed E-state index contributed by atoms with van der Waals surface area (Å²) in [6, 6.07) is -0.00789. The number of hydrogen-bond donors (Lipinski definition) is 8. The van der Waals surface area contributed by atoms with Crippen LogP contribution in [0.5, 0.6) is 0 Å². The lowest BCUT2D eigenvalue weighted by atomic mass is 10.1. The summed E-state index contributed by atoms with van der Waals surface area (Å²) in [6.07, 6.45) is 3.45. The first-order valence-electron chi connectivity index (χ1n) is 12.6. The minimum atomic E-state index is -1.60. The molecule has 0 spiro atoms. The Labute approximate surface area is 205 Å². The number of carbonyl (C=O) groups is 2. The summed E-state index contributed by atoms with van der Waals surface area (Å²) in [5, 5.41) is 46.9. The number of rotatable bonds is 19. The molecule has 0 saturated heterocycles. The molecule has 0 rings (SSSR count). The van der Waals surface area contributed by atoms with Crippen molar-refractivity contribution >= 4 is 23.5 Å². The van der Waals surface area contributed by atoms with E-state index >= 15 is 0 Å². The molecule has 0 aliphatic heterocycles. The van der Waals surface area contributed by atoms with E-state index in [2.05, 4.69) is 35.1 Å². The second kappa shape index (κ2) is 19.1. The van der Waals surface area contributed by atoms with Gasteiger partial charge in [-0.3, -0.25) is 20.4 Å². The number of carbonyl (C=O) groups excluding carboxylic acids is 2. The Kier molecular flexibility index (Phi) is 17.9. The maximum absolute atomic E-state index is 11.9. The summed E-state index contributed by atoms with van der Waals surface area (Å²) in [5.41, 5.74) is 0. The van der Waals surface area contributed by atoms with Gasteiger partial charge in [-0.25, -0.2) is 0 Å². The average Bonchev–Trinajstić information content (AvgIpc) is 2.75. The molecule has 34 heavy (non-hydrogen) atoms. The zero-order chi connectivity index (χ0) is 25.9. The van der Waals surface area contributed by atoms with E-state index < -0.39 is 18.1 Å². The van der Waals surface area contributed by atoms with Crippen molar-refractivity contribution in [2.24, 2.45) is 5.92 Å². The monoisotopic (exact) mass is 484 g/mol. The van der Waals surface area contributed by atoms with Crippen LogP contribution in [0.15, 0.2) is 0 Å². The fraction of sp³-hybridized carbons (Fsp3) is 0.833. The second-order valence-corrected chi connectivity index (χ2v) is 9.47. The van der Waals surface area contributed by atoms with Gasteiger partial charge in [-0.15, -0.1) is 0 Å². The van der Waals surface area contributed by atoms with Crippen LogP contribution in [0.4, 0.5) is 0 Å². The predicted octanol–water partition coefficient (Wildman–Crippen LogP) is 1.65. The van der Waals surface area contributed by atoms with Crippen molar-refractivity contribution in [2.45, 2.75) is 104 Å². The van der Waals surface area contributed by atoms with Gasteiger partial charge in [0.15, 0.2) is 6.10 Å². The predicted molar refractivity (Wildman–Crippen MR) is 136 cm³/mol. The third-order valence-corrected chi connectivity index (χ3v) is 5.18. The summed E-state index contributed by atoms with van der Waals surface area (Å²) < 4.78 is 0. The highest BCUT2D eigenvalue weighted by Crippen LogP contribution is 2.06. The fourth-order valence-electron chi connectivity index (χ4n) is 3.15. The summed E-state index contributed by atoms with van der Waals surface area (Å²) >= 11 is 0. The molecule has 198 valence electrons. The van der Waals surface area contributed by atoms with Crippen molar-refractivity contribution in [1.82, 2.24) is 21.3 Å². The van der Waals surface area contributed by atoms with Gasteiger partial charge in [-0.1, -0.05) is 26.7 Å². The molecule has 0 aromatic rings. The Balaban J connectivity index is 3.75. The first kappa shape index (κ1) is 31.8. The van der Waals surface area contributed by atoms with E-state index in [1.807, 2.05) is 13.8 Å². The number of aliphatic hydroxyl groups is 2. The average molecular weight is 485 g/mol. The minimum Gasteiger partial charge on any atom is -0.390 e. The summed E-state index contributed by atoms with van der Waals surface area (Å²) in [6.45, 7) is 9.42. The third-order valence-electron chi connectivity index (χ3n) is 5.18. The molecular weight excluding hydrogens is 436 g/mol. The Hall–Kier alpha value is -2.20. The zero-order valence-electron chi connectivity index (χ0n) is 21.5. The molecule has 2 amide bonds. The number of hydrogen-bond acceptors (Lipinski definition) is 6. The quantitative estimate of drug-likeness (QED) is 0.0787. The minimum absolute atomic E-state index is 0.00789. The summed E-state index contributed by atoms with van der Waals surface area (Å²) in [7, 11) is 0. The second-order valence-electron chi connectivity index (χ2n) is 9.47. The molecule has 0 aromatic carbocycles. The van der Waals surface area contributed by atoms with Crippen LogP contribution in [0.1, 0.15) is 85.5 Å². The van der Waals surface area contributed by atoms with E-state index in [0.717, 1.165) is 45.1 Å². The lowest BCUT2D eigenvalue weighted by Gasteiger charge is -2.18. The van der Waals surface area contributed by atoms with Crippen LogP contribution in [0.2, 0.25) is 0 Å². The molecule has 0 heterocycles. The Morgan fingerprint density at radius 2 is 1.26 bits per heavy atom. The van der Waals surface area contributed by atoms with Gasteiger partial charge in [-0.2, -0.15) is 0 Å². The molecule has 0 saturated carbocycles. The van der Waals surface area contributed by atoms with E-state index in [1.54, 1.807) is 0 Å². The van der Waals surface area contributed by atoms with Gasteiger partial charge in [0.25, 0.3) is 5.91 Å². The van der Waals surface area contributed by atoms with Crippen molar-refractivity contribution in [3.8, 4) is 0 Å². The zero-order valence-corrected chi connectivity index (χ0v) is 21.5. The summed E-state index contributed by atoms with van der Waals surface area (Å²) in [4.78, 5) is 23.5. The van der Waals surface area contributed by atoms with Crippen LogP contribution < -0.4 is 21.3 Å². The number of amidine groups is 2. The fourth-order valence-corrected chi connectivity index (χ4v) is 3.15. The van der Waals surface area contributed by atoms with Gasteiger partial charge in [0.1, 0.15) is 0 Å². The molecule has 0 aromatic heterocycles. The van der Waals surface area contributed by atoms with E-state index in [1.165, 1.54) is 0 Å². The van der Waals surface area contributed by atoms with Crippen molar-refractivity contribution in [3.63, 3.8) is 0 Å². The molecule has 8 N–H and O–H groups in total. The number of aliphatic hydroxyl groups excluding tert-OH is 2. The molecule has 0 radical (unpaired) electrons. The highest BCUT2D eigenvalue weighted by atomic mass is 16.3. The van der Waals surface area contributed by atoms with E-state index in [9.17, 15) is 19.8 Å². The van der Waals surface area contributed by atoms with Crippen molar-refractivity contribution in [1.29, 1.82) is 10.8 Å². The van der Waals surface area contributed by atoms with Gasteiger partial charge in [0.05, 0.1) is 17.8 Å². The Morgan fingerprint density at radius 3 is 1.79 bits per heavy atom. The van der Waals surface area contributed by atoms with Gasteiger partial charge < -0.3 is 31.5 Å². The molecule has 10 heteroatoms. The van der Waals surface area contributed by atoms with Crippen LogP contribution in [-0.2, 0) is 9.59 Å². The maximum atomic E-state index is 11.9. The first-order valence-corrected chi connectivity index (χ1v) is 12.6.